The molecule has 1 atom stereocenters. The van der Waals surface area contributed by atoms with Gasteiger partial charge in [-0.15, -0.1) is 0 Å². The summed E-state index contributed by atoms with van der Waals surface area (Å²) in [5, 5.41) is 3.42. The van der Waals surface area contributed by atoms with Crippen LogP contribution < -0.4 is 5.32 Å². The Morgan fingerprint density at radius 1 is 1.28 bits per heavy atom. The van der Waals surface area contributed by atoms with Crippen LogP contribution in [-0.4, -0.2) is 36.9 Å². The van der Waals surface area contributed by atoms with Gasteiger partial charge in [-0.3, -0.25) is 9.89 Å². The highest BCUT2D eigenvalue weighted by Crippen LogP contribution is 2.24. The topological polar surface area (TPSA) is 27.6 Å². The van der Waals surface area contributed by atoms with Gasteiger partial charge >= 0.3 is 0 Å². The van der Waals surface area contributed by atoms with Crippen molar-refractivity contribution >= 4 is 21.8 Å². The molecule has 1 aliphatic heterocycles. The van der Waals surface area contributed by atoms with E-state index in [0.717, 1.165) is 36.5 Å². The zero-order chi connectivity index (χ0) is 13.0. The molecule has 1 heterocycles. The number of aliphatic imine (C=N–C) groups is 1. The van der Waals surface area contributed by atoms with Crippen LogP contribution in [0.1, 0.15) is 25.5 Å². The standard InChI is InChI=1S/C14H20BrN3/c1-3-18(4-2)13(14-16-9-10-17-14)11-5-7-12(15)8-6-11/h5-8,13H,3-4,9-10H2,1-2H3,(H,16,17). The number of rotatable bonds is 5. The summed E-state index contributed by atoms with van der Waals surface area (Å²) in [5.41, 5.74) is 1.30. The van der Waals surface area contributed by atoms with Gasteiger partial charge in [0, 0.05) is 11.0 Å². The fourth-order valence-corrected chi connectivity index (χ4v) is 2.64. The minimum Gasteiger partial charge on any atom is -0.370 e. The molecule has 1 aromatic carbocycles. The van der Waals surface area contributed by atoms with Crippen molar-refractivity contribution in [3.05, 3.63) is 34.3 Å². The van der Waals surface area contributed by atoms with Crippen molar-refractivity contribution in [2.45, 2.75) is 19.9 Å². The number of amidine groups is 1. The fourth-order valence-electron chi connectivity index (χ4n) is 2.37. The van der Waals surface area contributed by atoms with E-state index in [0.29, 0.717) is 0 Å². The van der Waals surface area contributed by atoms with Crippen LogP contribution in [0.3, 0.4) is 0 Å². The third-order valence-electron chi connectivity index (χ3n) is 3.32. The molecular formula is C14H20BrN3. The highest BCUT2D eigenvalue weighted by Gasteiger charge is 2.25. The number of likely N-dealkylation sites (N-methyl/N-ethyl adjacent to an activating group) is 1. The van der Waals surface area contributed by atoms with E-state index >= 15 is 0 Å². The van der Waals surface area contributed by atoms with E-state index in [4.69, 9.17) is 0 Å². The van der Waals surface area contributed by atoms with E-state index in [2.05, 4.69) is 69.3 Å². The molecule has 18 heavy (non-hydrogen) atoms. The Labute approximate surface area is 117 Å². The van der Waals surface area contributed by atoms with Crippen molar-refractivity contribution < 1.29 is 0 Å². The van der Waals surface area contributed by atoms with Gasteiger partial charge in [0.05, 0.1) is 12.6 Å². The second kappa shape index (κ2) is 6.34. The summed E-state index contributed by atoms with van der Waals surface area (Å²) in [6, 6.07) is 8.81. The quantitative estimate of drug-likeness (QED) is 0.905. The second-order valence-corrected chi connectivity index (χ2v) is 5.28. The lowest BCUT2D eigenvalue weighted by molar-refractivity contribution is 0.268. The molecule has 0 aromatic heterocycles. The molecular weight excluding hydrogens is 290 g/mol. The van der Waals surface area contributed by atoms with Gasteiger partial charge in [0.15, 0.2) is 0 Å². The number of hydrogen-bond donors (Lipinski definition) is 1. The smallest absolute Gasteiger partial charge is 0.119 e. The molecule has 0 saturated heterocycles. The first-order valence-electron chi connectivity index (χ1n) is 6.54. The van der Waals surface area contributed by atoms with Gasteiger partial charge in [0.1, 0.15) is 5.84 Å². The molecule has 0 amide bonds. The van der Waals surface area contributed by atoms with Crippen LogP contribution in [0.15, 0.2) is 33.7 Å². The van der Waals surface area contributed by atoms with Gasteiger partial charge in [0.25, 0.3) is 0 Å². The van der Waals surface area contributed by atoms with E-state index in [9.17, 15) is 0 Å². The van der Waals surface area contributed by atoms with Gasteiger partial charge in [-0.1, -0.05) is 41.9 Å². The lowest BCUT2D eigenvalue weighted by Gasteiger charge is -2.30. The minimum absolute atomic E-state index is 0.260. The van der Waals surface area contributed by atoms with Gasteiger partial charge in [-0.2, -0.15) is 0 Å². The van der Waals surface area contributed by atoms with Gasteiger partial charge < -0.3 is 5.32 Å². The Hall–Kier alpha value is -0.870. The van der Waals surface area contributed by atoms with Crippen LogP contribution in [0.4, 0.5) is 0 Å². The molecule has 0 radical (unpaired) electrons. The highest BCUT2D eigenvalue weighted by molar-refractivity contribution is 9.10. The van der Waals surface area contributed by atoms with Crippen LogP contribution in [0.25, 0.3) is 0 Å². The van der Waals surface area contributed by atoms with E-state index in [1.54, 1.807) is 0 Å². The van der Waals surface area contributed by atoms with Crippen LogP contribution in [0.2, 0.25) is 0 Å². The average molecular weight is 310 g/mol. The first-order valence-corrected chi connectivity index (χ1v) is 7.33. The Bertz CT molecular complexity index is 410. The Morgan fingerprint density at radius 3 is 2.44 bits per heavy atom. The minimum atomic E-state index is 0.260. The third kappa shape index (κ3) is 2.93. The van der Waals surface area contributed by atoms with Crippen molar-refractivity contribution in [3.63, 3.8) is 0 Å². The molecule has 1 aliphatic rings. The van der Waals surface area contributed by atoms with Crippen molar-refractivity contribution in [2.75, 3.05) is 26.2 Å². The number of nitrogens with one attached hydrogen (secondary N) is 1. The predicted molar refractivity (Wildman–Crippen MR) is 80.1 cm³/mol. The summed E-state index contributed by atoms with van der Waals surface area (Å²) in [4.78, 5) is 7.03. The summed E-state index contributed by atoms with van der Waals surface area (Å²) in [6.45, 7) is 8.30. The molecule has 0 fully saturated rings. The Balaban J connectivity index is 2.31. The van der Waals surface area contributed by atoms with Crippen molar-refractivity contribution in [3.8, 4) is 0 Å². The monoisotopic (exact) mass is 309 g/mol. The number of nitrogens with zero attached hydrogens (tertiary/aromatic N) is 2. The summed E-state index contributed by atoms with van der Waals surface area (Å²) in [6.07, 6.45) is 0. The largest absolute Gasteiger partial charge is 0.370 e. The summed E-state index contributed by atoms with van der Waals surface area (Å²) >= 11 is 3.49. The summed E-state index contributed by atoms with van der Waals surface area (Å²) in [5.74, 6) is 1.11. The molecule has 98 valence electrons. The van der Waals surface area contributed by atoms with E-state index < -0.39 is 0 Å². The average Bonchev–Trinajstić information content (AvgIpc) is 2.91. The molecule has 0 aliphatic carbocycles. The molecule has 3 nitrogen and oxygen atoms in total. The maximum atomic E-state index is 4.60. The van der Waals surface area contributed by atoms with Crippen molar-refractivity contribution in [1.82, 2.24) is 10.2 Å². The maximum Gasteiger partial charge on any atom is 0.119 e. The SMILES string of the molecule is CCN(CC)C(C1=NCCN1)c1ccc(Br)cc1. The van der Waals surface area contributed by atoms with Gasteiger partial charge in [0.2, 0.25) is 0 Å². The highest BCUT2D eigenvalue weighted by atomic mass is 79.9. The summed E-state index contributed by atoms with van der Waals surface area (Å²) in [7, 11) is 0. The zero-order valence-electron chi connectivity index (χ0n) is 11.0. The first kappa shape index (κ1) is 13.6. The van der Waals surface area contributed by atoms with E-state index in [1.165, 1.54) is 5.56 Å². The number of benzene rings is 1. The normalized spacial score (nSPS) is 16.6. The third-order valence-corrected chi connectivity index (χ3v) is 3.85. The van der Waals surface area contributed by atoms with Crippen LogP contribution >= 0.6 is 15.9 Å². The van der Waals surface area contributed by atoms with E-state index in [-0.39, 0.29) is 6.04 Å². The molecule has 0 bridgehead atoms. The Morgan fingerprint density at radius 2 is 1.94 bits per heavy atom. The molecule has 1 unspecified atom stereocenters. The van der Waals surface area contributed by atoms with Crippen LogP contribution in [0.5, 0.6) is 0 Å². The Kier molecular flexibility index (Phi) is 4.78. The summed E-state index contributed by atoms with van der Waals surface area (Å²) < 4.78 is 1.12. The van der Waals surface area contributed by atoms with E-state index in [1.807, 2.05) is 0 Å². The first-order chi connectivity index (χ1) is 8.76. The zero-order valence-corrected chi connectivity index (χ0v) is 12.6. The maximum absolute atomic E-state index is 4.60. The van der Waals surface area contributed by atoms with Crippen molar-refractivity contribution in [2.24, 2.45) is 4.99 Å². The predicted octanol–water partition coefficient (Wildman–Crippen LogP) is 2.83. The molecule has 1 N–H and O–H groups in total. The van der Waals surface area contributed by atoms with Crippen LogP contribution in [0, 0.1) is 0 Å². The van der Waals surface area contributed by atoms with Gasteiger partial charge in [-0.25, -0.2) is 0 Å². The lowest BCUT2D eigenvalue weighted by atomic mass is 10.0. The van der Waals surface area contributed by atoms with Gasteiger partial charge in [-0.05, 0) is 30.8 Å². The van der Waals surface area contributed by atoms with Crippen LogP contribution in [-0.2, 0) is 0 Å². The molecule has 0 spiro atoms. The molecule has 0 saturated carbocycles. The molecule has 1 aromatic rings. The number of halogens is 1. The fraction of sp³-hybridized carbons (Fsp3) is 0.500. The number of hydrogen-bond acceptors (Lipinski definition) is 3. The molecule has 4 heteroatoms. The van der Waals surface area contributed by atoms with Crippen molar-refractivity contribution in [1.29, 1.82) is 0 Å². The molecule has 2 rings (SSSR count). The second-order valence-electron chi connectivity index (χ2n) is 4.37. The lowest BCUT2D eigenvalue weighted by Crippen LogP contribution is -2.38.